The van der Waals surface area contributed by atoms with Gasteiger partial charge in [-0.3, -0.25) is 9.20 Å². The molecule has 0 saturated heterocycles. The largest absolute Gasteiger partial charge is 0.311 e. The van der Waals surface area contributed by atoms with Crippen molar-refractivity contribution in [3.05, 3.63) is 28.6 Å². The van der Waals surface area contributed by atoms with Crippen molar-refractivity contribution >= 4 is 5.65 Å². The van der Waals surface area contributed by atoms with Crippen molar-refractivity contribution in [1.82, 2.24) is 19.2 Å². The van der Waals surface area contributed by atoms with Gasteiger partial charge in [-0.25, -0.2) is 0 Å². The zero-order chi connectivity index (χ0) is 14.8. The van der Waals surface area contributed by atoms with E-state index in [1.165, 1.54) is 25.7 Å². The first-order valence-electron chi connectivity index (χ1n) is 8.12. The molecule has 0 aliphatic heterocycles. The van der Waals surface area contributed by atoms with E-state index in [4.69, 9.17) is 0 Å². The first kappa shape index (κ1) is 14.3. The van der Waals surface area contributed by atoms with E-state index in [2.05, 4.69) is 24.0 Å². The maximum atomic E-state index is 12.5. The minimum atomic E-state index is -0.00836. The molecule has 2 heterocycles. The minimum absolute atomic E-state index is 0.00836. The van der Waals surface area contributed by atoms with Crippen LogP contribution in [0.4, 0.5) is 0 Å². The Bertz CT molecular complexity index is 664. The van der Waals surface area contributed by atoms with Gasteiger partial charge in [-0.15, -0.1) is 10.2 Å². The molecule has 0 N–H and O–H groups in total. The SMILES string of the molecule is CCCc1nnc2c(=O)n(C[C@H]3CC[C@H](C)CC3)ccn12. The molecule has 1 saturated carbocycles. The van der Waals surface area contributed by atoms with Crippen molar-refractivity contribution in [3.63, 3.8) is 0 Å². The molecule has 0 spiro atoms. The lowest BCUT2D eigenvalue weighted by molar-refractivity contribution is 0.263. The van der Waals surface area contributed by atoms with E-state index in [-0.39, 0.29) is 5.56 Å². The van der Waals surface area contributed by atoms with Gasteiger partial charge in [-0.1, -0.05) is 26.7 Å². The molecule has 114 valence electrons. The molecule has 1 fully saturated rings. The van der Waals surface area contributed by atoms with Crippen molar-refractivity contribution in [2.24, 2.45) is 11.8 Å². The van der Waals surface area contributed by atoms with Gasteiger partial charge in [-0.05, 0) is 31.1 Å². The summed E-state index contributed by atoms with van der Waals surface area (Å²) in [6, 6.07) is 0. The fourth-order valence-electron chi connectivity index (χ4n) is 3.30. The summed E-state index contributed by atoms with van der Waals surface area (Å²) in [5.74, 6) is 2.34. The normalized spacial score (nSPS) is 22.8. The van der Waals surface area contributed by atoms with Gasteiger partial charge in [-0.2, -0.15) is 0 Å². The number of aryl methyl sites for hydroxylation is 1. The predicted molar refractivity (Wildman–Crippen MR) is 82.4 cm³/mol. The van der Waals surface area contributed by atoms with E-state index in [1.807, 2.05) is 21.4 Å². The fraction of sp³-hybridized carbons (Fsp3) is 0.688. The van der Waals surface area contributed by atoms with Gasteiger partial charge in [0.2, 0.25) is 5.65 Å². The highest BCUT2D eigenvalue weighted by Crippen LogP contribution is 2.28. The van der Waals surface area contributed by atoms with Crippen LogP contribution in [0.2, 0.25) is 0 Å². The van der Waals surface area contributed by atoms with Gasteiger partial charge in [0.25, 0.3) is 5.56 Å². The Labute approximate surface area is 125 Å². The average Bonchev–Trinajstić information content (AvgIpc) is 2.89. The molecule has 0 bridgehead atoms. The van der Waals surface area contributed by atoms with Crippen LogP contribution in [0.5, 0.6) is 0 Å². The molecule has 21 heavy (non-hydrogen) atoms. The Kier molecular flexibility index (Phi) is 4.08. The van der Waals surface area contributed by atoms with Crippen LogP contribution in [0.25, 0.3) is 5.65 Å². The number of hydrogen-bond acceptors (Lipinski definition) is 3. The van der Waals surface area contributed by atoms with Gasteiger partial charge in [0.15, 0.2) is 0 Å². The minimum Gasteiger partial charge on any atom is -0.311 e. The van der Waals surface area contributed by atoms with Gasteiger partial charge in [0.1, 0.15) is 5.82 Å². The fourth-order valence-corrected chi connectivity index (χ4v) is 3.30. The van der Waals surface area contributed by atoms with Crippen LogP contribution in [-0.4, -0.2) is 19.2 Å². The summed E-state index contributed by atoms with van der Waals surface area (Å²) in [4.78, 5) is 12.5. The van der Waals surface area contributed by atoms with E-state index in [0.29, 0.717) is 11.6 Å². The molecule has 0 unspecified atom stereocenters. The van der Waals surface area contributed by atoms with Crippen LogP contribution >= 0.6 is 0 Å². The lowest BCUT2D eigenvalue weighted by Crippen LogP contribution is -2.27. The number of nitrogens with zero attached hydrogens (tertiary/aromatic N) is 4. The predicted octanol–water partition coefficient (Wildman–Crippen LogP) is 2.67. The number of hydrogen-bond donors (Lipinski definition) is 0. The highest BCUT2D eigenvalue weighted by molar-refractivity contribution is 5.34. The first-order chi connectivity index (χ1) is 10.2. The van der Waals surface area contributed by atoms with Gasteiger partial charge in [0.05, 0.1) is 0 Å². The van der Waals surface area contributed by atoms with Crippen LogP contribution in [-0.2, 0) is 13.0 Å². The zero-order valence-corrected chi connectivity index (χ0v) is 13.0. The molecule has 0 atom stereocenters. The van der Waals surface area contributed by atoms with Gasteiger partial charge >= 0.3 is 0 Å². The lowest BCUT2D eigenvalue weighted by Gasteiger charge is -2.26. The van der Waals surface area contributed by atoms with Crippen molar-refractivity contribution < 1.29 is 0 Å². The maximum absolute atomic E-state index is 12.5. The van der Waals surface area contributed by atoms with E-state index in [9.17, 15) is 4.79 Å². The van der Waals surface area contributed by atoms with E-state index >= 15 is 0 Å². The summed E-state index contributed by atoms with van der Waals surface area (Å²) in [5, 5.41) is 8.23. The molecule has 5 nitrogen and oxygen atoms in total. The maximum Gasteiger partial charge on any atom is 0.296 e. The molecule has 3 rings (SSSR count). The number of fused-ring (bicyclic) bond motifs is 1. The van der Waals surface area contributed by atoms with E-state index in [1.54, 1.807) is 0 Å². The van der Waals surface area contributed by atoms with E-state index < -0.39 is 0 Å². The molecule has 1 aliphatic carbocycles. The van der Waals surface area contributed by atoms with Crippen LogP contribution in [0, 0.1) is 11.8 Å². The Morgan fingerprint density at radius 2 is 1.95 bits per heavy atom. The van der Waals surface area contributed by atoms with Crippen LogP contribution in [0.1, 0.15) is 51.8 Å². The lowest BCUT2D eigenvalue weighted by atomic mass is 9.83. The highest BCUT2D eigenvalue weighted by atomic mass is 16.1. The molecule has 2 aromatic heterocycles. The van der Waals surface area contributed by atoms with Gasteiger partial charge < -0.3 is 4.57 Å². The van der Waals surface area contributed by atoms with Crippen molar-refractivity contribution in [2.45, 2.75) is 58.9 Å². The van der Waals surface area contributed by atoms with Crippen LogP contribution < -0.4 is 5.56 Å². The zero-order valence-electron chi connectivity index (χ0n) is 13.0. The molecule has 1 aliphatic rings. The molecule has 0 aromatic carbocycles. The highest BCUT2D eigenvalue weighted by Gasteiger charge is 2.19. The van der Waals surface area contributed by atoms with Crippen molar-refractivity contribution in [1.29, 1.82) is 0 Å². The molecule has 2 aromatic rings. The second-order valence-electron chi connectivity index (χ2n) is 6.44. The summed E-state index contributed by atoms with van der Waals surface area (Å²) in [6.07, 6.45) is 10.7. The first-order valence-corrected chi connectivity index (χ1v) is 8.12. The van der Waals surface area contributed by atoms with Crippen LogP contribution in [0.3, 0.4) is 0 Å². The van der Waals surface area contributed by atoms with Crippen molar-refractivity contribution in [2.75, 3.05) is 0 Å². The second-order valence-corrected chi connectivity index (χ2v) is 6.44. The Hall–Kier alpha value is -1.65. The summed E-state index contributed by atoms with van der Waals surface area (Å²) in [7, 11) is 0. The molecular weight excluding hydrogens is 264 g/mol. The smallest absolute Gasteiger partial charge is 0.296 e. The third-order valence-electron chi connectivity index (χ3n) is 4.68. The summed E-state index contributed by atoms with van der Waals surface area (Å²) in [5.41, 5.74) is 0.455. The summed E-state index contributed by atoms with van der Waals surface area (Å²) in [6.45, 7) is 5.24. The standard InChI is InChI=1S/C16H24N4O/c1-3-4-14-17-18-15-16(21)19(9-10-20(14)15)11-13-7-5-12(2)6-8-13/h9-10,12-13H,3-8,11H2,1-2H3/t12-,13-. The number of rotatable bonds is 4. The summed E-state index contributed by atoms with van der Waals surface area (Å²) < 4.78 is 3.66. The molecule has 0 radical (unpaired) electrons. The van der Waals surface area contributed by atoms with Crippen LogP contribution in [0.15, 0.2) is 17.2 Å². The third-order valence-corrected chi connectivity index (χ3v) is 4.68. The second kappa shape index (κ2) is 6.00. The topological polar surface area (TPSA) is 52.2 Å². The quantitative estimate of drug-likeness (QED) is 0.869. The molecule has 5 heteroatoms. The van der Waals surface area contributed by atoms with Crippen molar-refractivity contribution in [3.8, 4) is 0 Å². The Morgan fingerprint density at radius 3 is 2.67 bits per heavy atom. The number of aromatic nitrogens is 4. The van der Waals surface area contributed by atoms with E-state index in [0.717, 1.165) is 31.1 Å². The van der Waals surface area contributed by atoms with Gasteiger partial charge in [0, 0.05) is 25.4 Å². The average molecular weight is 288 g/mol. The molecular formula is C16H24N4O. The Balaban J connectivity index is 1.83. The monoisotopic (exact) mass is 288 g/mol. The third kappa shape index (κ3) is 2.87. The molecule has 0 amide bonds. The Morgan fingerprint density at radius 1 is 1.19 bits per heavy atom. The summed E-state index contributed by atoms with van der Waals surface area (Å²) >= 11 is 0.